The predicted octanol–water partition coefficient (Wildman–Crippen LogP) is 3.60. The van der Waals surface area contributed by atoms with Gasteiger partial charge in [-0.25, -0.2) is 4.98 Å². The molecule has 5 nitrogen and oxygen atoms in total. The fraction of sp³-hybridized carbons (Fsp3) is 0.500. The van der Waals surface area contributed by atoms with Gasteiger partial charge in [0.05, 0.1) is 11.6 Å². The van der Waals surface area contributed by atoms with Crippen molar-refractivity contribution >= 4 is 28.3 Å². The molecule has 0 aliphatic carbocycles. The molecule has 6 heteroatoms. The molecule has 4 heterocycles. The molecule has 3 atom stereocenters. The largest absolute Gasteiger partial charge is 0.367 e. The molecule has 1 unspecified atom stereocenters. The number of rotatable bonds is 4. The Morgan fingerprint density at radius 3 is 2.88 bits per heavy atom. The molecule has 0 aromatic carbocycles. The van der Waals surface area contributed by atoms with E-state index in [2.05, 4.69) is 26.3 Å². The first-order chi connectivity index (χ1) is 11.7. The van der Waals surface area contributed by atoms with Gasteiger partial charge in [0.15, 0.2) is 0 Å². The van der Waals surface area contributed by atoms with Crippen LogP contribution in [0, 0.1) is 11.3 Å². The maximum absolute atomic E-state index is 8.85. The van der Waals surface area contributed by atoms with Gasteiger partial charge in [-0.05, 0) is 37.8 Å². The zero-order valence-corrected chi connectivity index (χ0v) is 14.2. The van der Waals surface area contributed by atoms with E-state index in [1.807, 2.05) is 12.1 Å². The van der Waals surface area contributed by atoms with Crippen LogP contribution in [-0.4, -0.2) is 39.5 Å². The summed E-state index contributed by atoms with van der Waals surface area (Å²) in [6, 6.07) is 9.60. The van der Waals surface area contributed by atoms with Gasteiger partial charge in [0.2, 0.25) is 0 Å². The van der Waals surface area contributed by atoms with Crippen molar-refractivity contribution in [1.82, 2.24) is 14.9 Å². The summed E-state index contributed by atoms with van der Waals surface area (Å²) < 4.78 is 0. The standard InChI is InChI=1S/C18H20ClN5/c19-17-11-16-15(3-1-7-21-16)18(23-17)22-12-9-13-4-5-14(10-12)24(13)8-2-6-20/h1,3,7,11-14H,2,4-5,8-10H2,(H,22,23)/t12?,13-,14+. The zero-order valence-electron chi connectivity index (χ0n) is 13.5. The van der Waals surface area contributed by atoms with Gasteiger partial charge in [-0.1, -0.05) is 11.6 Å². The molecule has 2 fully saturated rings. The van der Waals surface area contributed by atoms with Gasteiger partial charge < -0.3 is 5.32 Å². The van der Waals surface area contributed by atoms with E-state index in [4.69, 9.17) is 16.9 Å². The Kier molecular flexibility index (Phi) is 4.26. The maximum atomic E-state index is 8.85. The third-order valence-corrected chi connectivity index (χ3v) is 5.47. The molecule has 2 bridgehead atoms. The zero-order chi connectivity index (χ0) is 16.5. The molecule has 2 aliphatic heterocycles. The molecule has 1 N–H and O–H groups in total. The minimum atomic E-state index is 0.398. The van der Waals surface area contributed by atoms with Crippen LogP contribution in [0.2, 0.25) is 5.15 Å². The second-order valence-corrected chi connectivity index (χ2v) is 7.09. The molecular formula is C18H20ClN5. The van der Waals surface area contributed by atoms with E-state index < -0.39 is 0 Å². The molecule has 2 saturated heterocycles. The molecule has 2 aromatic rings. The van der Waals surface area contributed by atoms with Crippen LogP contribution in [0.4, 0.5) is 5.82 Å². The summed E-state index contributed by atoms with van der Waals surface area (Å²) in [6.07, 6.45) is 7.06. The molecule has 0 spiro atoms. The average molecular weight is 342 g/mol. The predicted molar refractivity (Wildman–Crippen MR) is 94.9 cm³/mol. The molecule has 4 rings (SSSR count). The molecule has 0 saturated carbocycles. The molecule has 2 aromatic heterocycles. The van der Waals surface area contributed by atoms with Gasteiger partial charge in [0, 0.05) is 48.7 Å². The van der Waals surface area contributed by atoms with Gasteiger partial charge in [0.25, 0.3) is 0 Å². The van der Waals surface area contributed by atoms with Crippen LogP contribution < -0.4 is 5.32 Å². The van der Waals surface area contributed by atoms with Gasteiger partial charge in [-0.2, -0.15) is 5.26 Å². The number of nitrogens with zero attached hydrogens (tertiary/aromatic N) is 4. The normalized spacial score (nSPS) is 26.4. The van der Waals surface area contributed by atoms with Gasteiger partial charge in [-0.15, -0.1) is 0 Å². The fourth-order valence-corrected chi connectivity index (χ4v) is 4.47. The number of fused-ring (bicyclic) bond motifs is 3. The second-order valence-electron chi connectivity index (χ2n) is 6.71. The summed E-state index contributed by atoms with van der Waals surface area (Å²) in [4.78, 5) is 11.4. The third-order valence-electron chi connectivity index (χ3n) is 5.28. The van der Waals surface area contributed by atoms with Crippen molar-refractivity contribution < 1.29 is 0 Å². The number of nitriles is 1. The first-order valence-electron chi connectivity index (χ1n) is 8.55. The fourth-order valence-electron chi connectivity index (χ4n) is 4.28. The molecule has 0 amide bonds. The van der Waals surface area contributed by atoms with Crippen LogP contribution >= 0.6 is 11.6 Å². The lowest BCUT2D eigenvalue weighted by atomic mass is 9.97. The maximum Gasteiger partial charge on any atom is 0.137 e. The minimum Gasteiger partial charge on any atom is -0.367 e. The molecule has 0 radical (unpaired) electrons. The summed E-state index contributed by atoms with van der Waals surface area (Å²) in [7, 11) is 0. The van der Waals surface area contributed by atoms with Crippen molar-refractivity contribution in [3.05, 3.63) is 29.5 Å². The number of nitrogens with one attached hydrogen (secondary N) is 1. The smallest absolute Gasteiger partial charge is 0.137 e. The van der Waals surface area contributed by atoms with Crippen LogP contribution in [0.25, 0.3) is 10.9 Å². The Bertz CT molecular complexity index is 773. The SMILES string of the molecule is N#CCCN1[C@@H]2CC[C@H]1CC(Nc1nc(Cl)cc3ncccc13)C2. The number of anilines is 1. The number of hydrogen-bond acceptors (Lipinski definition) is 5. The van der Waals surface area contributed by atoms with E-state index in [1.54, 1.807) is 12.3 Å². The highest BCUT2D eigenvalue weighted by Crippen LogP contribution is 2.37. The summed E-state index contributed by atoms with van der Waals surface area (Å²) in [6.45, 7) is 0.904. The number of aromatic nitrogens is 2. The Balaban J connectivity index is 1.53. The topological polar surface area (TPSA) is 64.8 Å². The van der Waals surface area contributed by atoms with E-state index in [-0.39, 0.29) is 0 Å². The van der Waals surface area contributed by atoms with Crippen LogP contribution in [0.1, 0.15) is 32.1 Å². The lowest BCUT2D eigenvalue weighted by Crippen LogP contribution is -2.47. The van der Waals surface area contributed by atoms with Crippen molar-refractivity contribution in [2.45, 2.75) is 50.2 Å². The van der Waals surface area contributed by atoms with E-state index in [9.17, 15) is 0 Å². The molecule has 124 valence electrons. The second kappa shape index (κ2) is 6.54. The van der Waals surface area contributed by atoms with Gasteiger partial charge in [0.1, 0.15) is 11.0 Å². The highest BCUT2D eigenvalue weighted by atomic mass is 35.5. The van der Waals surface area contributed by atoms with Crippen molar-refractivity contribution in [2.75, 3.05) is 11.9 Å². The summed E-state index contributed by atoms with van der Waals surface area (Å²) in [5.41, 5.74) is 0.870. The van der Waals surface area contributed by atoms with Crippen LogP contribution in [0.3, 0.4) is 0 Å². The lowest BCUT2D eigenvalue weighted by Gasteiger charge is -2.39. The molecular weight excluding hydrogens is 322 g/mol. The Morgan fingerprint density at radius 1 is 1.33 bits per heavy atom. The van der Waals surface area contributed by atoms with Crippen molar-refractivity contribution in [2.24, 2.45) is 0 Å². The van der Waals surface area contributed by atoms with Crippen LogP contribution in [0.15, 0.2) is 24.4 Å². The van der Waals surface area contributed by atoms with Crippen LogP contribution in [0.5, 0.6) is 0 Å². The molecule has 24 heavy (non-hydrogen) atoms. The quantitative estimate of drug-likeness (QED) is 0.861. The Labute approximate surface area is 146 Å². The Hall–Kier alpha value is -1.90. The summed E-state index contributed by atoms with van der Waals surface area (Å²) in [5.74, 6) is 0.834. The summed E-state index contributed by atoms with van der Waals surface area (Å²) >= 11 is 6.16. The van der Waals surface area contributed by atoms with Gasteiger partial charge >= 0.3 is 0 Å². The number of hydrogen-bond donors (Lipinski definition) is 1. The lowest BCUT2D eigenvalue weighted by molar-refractivity contribution is 0.136. The minimum absolute atomic E-state index is 0.398. The first kappa shape index (κ1) is 15.6. The summed E-state index contributed by atoms with van der Waals surface area (Å²) in [5, 5.41) is 13.9. The highest BCUT2D eigenvalue weighted by molar-refractivity contribution is 6.30. The number of pyridine rings is 2. The van der Waals surface area contributed by atoms with E-state index >= 15 is 0 Å². The van der Waals surface area contributed by atoms with Crippen molar-refractivity contribution in [3.8, 4) is 6.07 Å². The van der Waals surface area contributed by atoms with Crippen molar-refractivity contribution in [1.29, 1.82) is 5.26 Å². The van der Waals surface area contributed by atoms with E-state index in [0.29, 0.717) is 29.7 Å². The third kappa shape index (κ3) is 2.92. The average Bonchev–Trinajstić information content (AvgIpc) is 2.81. The number of piperidine rings is 1. The highest BCUT2D eigenvalue weighted by Gasteiger charge is 2.40. The van der Waals surface area contributed by atoms with E-state index in [0.717, 1.165) is 36.1 Å². The van der Waals surface area contributed by atoms with E-state index in [1.165, 1.54) is 12.8 Å². The monoisotopic (exact) mass is 341 g/mol. The Morgan fingerprint density at radius 2 is 2.12 bits per heavy atom. The number of halogens is 1. The van der Waals surface area contributed by atoms with Gasteiger partial charge in [-0.3, -0.25) is 9.88 Å². The van der Waals surface area contributed by atoms with Crippen molar-refractivity contribution in [3.63, 3.8) is 0 Å². The molecule has 2 aliphatic rings. The van der Waals surface area contributed by atoms with Crippen LogP contribution in [-0.2, 0) is 0 Å². The first-order valence-corrected chi connectivity index (χ1v) is 8.93.